The summed E-state index contributed by atoms with van der Waals surface area (Å²) < 4.78 is 5.38. The summed E-state index contributed by atoms with van der Waals surface area (Å²) in [6.07, 6.45) is 3.33. The van der Waals surface area contributed by atoms with Crippen molar-refractivity contribution < 1.29 is 9.53 Å². The Hall–Kier alpha value is -1.02. The van der Waals surface area contributed by atoms with Crippen LogP contribution in [0.3, 0.4) is 0 Å². The molecule has 0 unspecified atom stereocenters. The molecule has 2 nitrogen and oxygen atoms in total. The number of rotatable bonds is 3. The standard InChI is InChI=1S/C12H13ClO2/c1-8-5-6-11(15-7-12(13)14)10-4-2-3-9(8)10/h5-6H,2-4,7H2,1H3. The fourth-order valence-electron chi connectivity index (χ4n) is 2.12. The highest BCUT2D eigenvalue weighted by Gasteiger charge is 2.17. The Balaban J connectivity index is 2.25. The Bertz CT molecular complexity index is 399. The van der Waals surface area contributed by atoms with Gasteiger partial charge in [-0.25, -0.2) is 0 Å². The van der Waals surface area contributed by atoms with E-state index in [1.165, 1.54) is 23.1 Å². The van der Waals surface area contributed by atoms with E-state index in [0.29, 0.717) is 0 Å². The fourth-order valence-corrected chi connectivity index (χ4v) is 2.18. The lowest BCUT2D eigenvalue weighted by molar-refractivity contribution is -0.113. The van der Waals surface area contributed by atoms with Crippen molar-refractivity contribution in [2.75, 3.05) is 6.61 Å². The number of carbonyl (C=O) groups excluding carboxylic acids is 1. The van der Waals surface area contributed by atoms with Gasteiger partial charge in [0.1, 0.15) is 5.75 Å². The molecule has 0 radical (unpaired) electrons. The van der Waals surface area contributed by atoms with Crippen molar-refractivity contribution in [1.29, 1.82) is 0 Å². The quantitative estimate of drug-likeness (QED) is 0.738. The van der Waals surface area contributed by atoms with Crippen LogP contribution in [0, 0.1) is 6.92 Å². The van der Waals surface area contributed by atoms with E-state index >= 15 is 0 Å². The number of halogens is 1. The van der Waals surface area contributed by atoms with Crippen LogP contribution in [-0.4, -0.2) is 11.8 Å². The Morgan fingerprint density at radius 2 is 2.13 bits per heavy atom. The normalized spacial score (nSPS) is 13.7. The number of ether oxygens (including phenoxy) is 1. The molecule has 80 valence electrons. The van der Waals surface area contributed by atoms with Crippen molar-refractivity contribution in [3.63, 3.8) is 0 Å². The van der Waals surface area contributed by atoms with E-state index in [9.17, 15) is 4.79 Å². The van der Waals surface area contributed by atoms with Crippen LogP contribution in [-0.2, 0) is 17.6 Å². The van der Waals surface area contributed by atoms with Crippen LogP contribution in [0.25, 0.3) is 0 Å². The molecule has 0 saturated carbocycles. The molecule has 0 N–H and O–H groups in total. The van der Waals surface area contributed by atoms with Gasteiger partial charge in [0.15, 0.2) is 6.61 Å². The number of hydrogen-bond acceptors (Lipinski definition) is 2. The van der Waals surface area contributed by atoms with Gasteiger partial charge in [0.25, 0.3) is 5.24 Å². The minimum atomic E-state index is -0.456. The lowest BCUT2D eigenvalue weighted by atomic mass is 10.0. The monoisotopic (exact) mass is 224 g/mol. The van der Waals surface area contributed by atoms with E-state index < -0.39 is 5.24 Å². The van der Waals surface area contributed by atoms with Crippen molar-refractivity contribution in [1.82, 2.24) is 0 Å². The summed E-state index contributed by atoms with van der Waals surface area (Å²) in [5.74, 6) is 0.821. The van der Waals surface area contributed by atoms with Crippen LogP contribution in [0.4, 0.5) is 0 Å². The summed E-state index contributed by atoms with van der Waals surface area (Å²) >= 11 is 5.25. The summed E-state index contributed by atoms with van der Waals surface area (Å²) in [6.45, 7) is 2.07. The third-order valence-electron chi connectivity index (χ3n) is 2.82. The predicted molar refractivity (Wildman–Crippen MR) is 59.6 cm³/mol. The van der Waals surface area contributed by atoms with Gasteiger partial charge in [-0.1, -0.05) is 6.07 Å². The Morgan fingerprint density at radius 3 is 2.87 bits per heavy atom. The highest BCUT2D eigenvalue weighted by atomic mass is 35.5. The lowest BCUT2D eigenvalue weighted by Crippen LogP contribution is -2.06. The van der Waals surface area contributed by atoms with E-state index in [-0.39, 0.29) is 6.61 Å². The van der Waals surface area contributed by atoms with Gasteiger partial charge >= 0.3 is 0 Å². The van der Waals surface area contributed by atoms with Crippen molar-refractivity contribution in [3.05, 3.63) is 28.8 Å². The summed E-state index contributed by atoms with van der Waals surface area (Å²) in [7, 11) is 0. The van der Waals surface area contributed by atoms with Crippen molar-refractivity contribution in [2.45, 2.75) is 26.2 Å². The molecular formula is C12H13ClO2. The number of fused-ring (bicyclic) bond motifs is 1. The van der Waals surface area contributed by atoms with Gasteiger partial charge in [0.2, 0.25) is 0 Å². The summed E-state index contributed by atoms with van der Waals surface area (Å²) in [4.78, 5) is 10.6. The fraction of sp³-hybridized carbons (Fsp3) is 0.417. The molecule has 2 rings (SSSR count). The first-order valence-electron chi connectivity index (χ1n) is 5.11. The Labute approximate surface area is 94.2 Å². The molecule has 1 aliphatic rings. The lowest BCUT2D eigenvalue weighted by Gasteiger charge is -2.10. The summed E-state index contributed by atoms with van der Waals surface area (Å²) in [6, 6.07) is 3.97. The molecule has 3 heteroatoms. The number of carbonyl (C=O) groups is 1. The first-order valence-corrected chi connectivity index (χ1v) is 5.49. The van der Waals surface area contributed by atoms with E-state index in [2.05, 4.69) is 6.92 Å². The van der Waals surface area contributed by atoms with Crippen LogP contribution in [0.15, 0.2) is 12.1 Å². The Morgan fingerprint density at radius 1 is 1.40 bits per heavy atom. The average Bonchev–Trinajstić information content (AvgIpc) is 2.66. The third kappa shape index (κ3) is 2.15. The van der Waals surface area contributed by atoms with E-state index in [4.69, 9.17) is 16.3 Å². The second-order valence-corrected chi connectivity index (χ2v) is 4.26. The molecule has 0 aliphatic heterocycles. The smallest absolute Gasteiger partial charge is 0.259 e. The molecular weight excluding hydrogens is 212 g/mol. The van der Waals surface area contributed by atoms with Crippen molar-refractivity contribution in [2.24, 2.45) is 0 Å². The van der Waals surface area contributed by atoms with E-state index in [1.807, 2.05) is 12.1 Å². The average molecular weight is 225 g/mol. The molecule has 0 aromatic heterocycles. The largest absolute Gasteiger partial charge is 0.484 e. The molecule has 15 heavy (non-hydrogen) atoms. The van der Waals surface area contributed by atoms with Gasteiger partial charge in [-0.05, 0) is 60.5 Å². The van der Waals surface area contributed by atoms with Crippen LogP contribution in [0.2, 0.25) is 0 Å². The zero-order valence-corrected chi connectivity index (χ0v) is 9.43. The zero-order chi connectivity index (χ0) is 10.8. The first kappa shape index (κ1) is 10.5. The molecule has 1 aliphatic carbocycles. The van der Waals surface area contributed by atoms with Gasteiger partial charge in [0.05, 0.1) is 0 Å². The number of benzene rings is 1. The van der Waals surface area contributed by atoms with E-state index in [0.717, 1.165) is 18.6 Å². The highest BCUT2D eigenvalue weighted by Crippen LogP contribution is 2.32. The molecule has 1 aromatic rings. The summed E-state index contributed by atoms with van der Waals surface area (Å²) in [5.41, 5.74) is 3.95. The van der Waals surface area contributed by atoms with Gasteiger partial charge in [-0.2, -0.15) is 0 Å². The van der Waals surface area contributed by atoms with Crippen LogP contribution in [0.5, 0.6) is 5.75 Å². The van der Waals surface area contributed by atoms with E-state index in [1.54, 1.807) is 0 Å². The van der Waals surface area contributed by atoms with Gasteiger partial charge < -0.3 is 4.74 Å². The SMILES string of the molecule is Cc1ccc(OCC(=O)Cl)c2c1CCC2. The summed E-state index contributed by atoms with van der Waals surface area (Å²) in [5, 5.41) is -0.456. The molecule has 0 atom stereocenters. The van der Waals surface area contributed by atoms with Crippen molar-refractivity contribution in [3.8, 4) is 5.75 Å². The van der Waals surface area contributed by atoms with Crippen LogP contribution < -0.4 is 4.74 Å². The molecule has 0 heterocycles. The number of hydrogen-bond donors (Lipinski definition) is 0. The topological polar surface area (TPSA) is 26.3 Å². The maximum Gasteiger partial charge on any atom is 0.259 e. The van der Waals surface area contributed by atoms with Crippen LogP contribution >= 0.6 is 11.6 Å². The van der Waals surface area contributed by atoms with Crippen molar-refractivity contribution >= 4 is 16.8 Å². The maximum absolute atomic E-state index is 10.6. The predicted octanol–water partition coefficient (Wildman–Crippen LogP) is 2.63. The first-order chi connectivity index (χ1) is 7.18. The molecule has 0 fully saturated rings. The van der Waals surface area contributed by atoms with Gasteiger partial charge in [-0.15, -0.1) is 0 Å². The minimum Gasteiger partial charge on any atom is -0.484 e. The Kier molecular flexibility index (Phi) is 2.96. The zero-order valence-electron chi connectivity index (χ0n) is 8.68. The maximum atomic E-state index is 10.6. The number of aryl methyl sites for hydroxylation is 1. The molecule has 0 amide bonds. The molecule has 0 saturated heterocycles. The molecule has 0 bridgehead atoms. The second kappa shape index (κ2) is 4.23. The third-order valence-corrected chi connectivity index (χ3v) is 2.93. The van der Waals surface area contributed by atoms with Crippen LogP contribution in [0.1, 0.15) is 23.1 Å². The highest BCUT2D eigenvalue weighted by molar-refractivity contribution is 6.63. The molecule has 0 spiro atoms. The van der Waals surface area contributed by atoms with Gasteiger partial charge in [-0.3, -0.25) is 4.79 Å². The second-order valence-electron chi connectivity index (χ2n) is 3.84. The minimum absolute atomic E-state index is 0.0446. The molecule has 1 aromatic carbocycles. The van der Waals surface area contributed by atoms with Gasteiger partial charge in [0, 0.05) is 0 Å².